The minimum atomic E-state index is -0.0791. The van der Waals surface area contributed by atoms with Crippen LogP contribution >= 0.6 is 0 Å². The van der Waals surface area contributed by atoms with E-state index in [1.165, 1.54) is 16.0 Å². The van der Waals surface area contributed by atoms with Crippen LogP contribution < -0.4 is 10.2 Å². The van der Waals surface area contributed by atoms with Crippen molar-refractivity contribution < 1.29 is 9.69 Å². The number of hydrogen-bond donors (Lipinski definition) is 2. The topological polar surface area (TPSA) is 33.5 Å². The molecule has 2 aromatic rings. The van der Waals surface area contributed by atoms with Crippen LogP contribution in [0.4, 0.5) is 0 Å². The smallest absolute Gasteiger partial charge is 0.278 e. The fourth-order valence-electron chi connectivity index (χ4n) is 2.53. The first-order valence-electron chi connectivity index (χ1n) is 8.32. The van der Waals surface area contributed by atoms with Gasteiger partial charge in [-0.3, -0.25) is 4.79 Å². The van der Waals surface area contributed by atoms with Crippen LogP contribution in [0.15, 0.2) is 54.6 Å². The van der Waals surface area contributed by atoms with Crippen molar-refractivity contribution in [2.24, 2.45) is 0 Å². The van der Waals surface area contributed by atoms with Gasteiger partial charge in [-0.25, -0.2) is 0 Å². The van der Waals surface area contributed by atoms with Crippen LogP contribution in [0.3, 0.4) is 0 Å². The lowest BCUT2D eigenvalue weighted by Gasteiger charge is -2.21. The van der Waals surface area contributed by atoms with Crippen LogP contribution in [0.1, 0.15) is 30.5 Å². The first-order chi connectivity index (χ1) is 11.1. The predicted octanol–water partition coefficient (Wildman–Crippen LogP) is 1.97. The van der Waals surface area contributed by atoms with Crippen molar-refractivity contribution >= 4 is 5.91 Å². The third-order valence-corrected chi connectivity index (χ3v) is 4.36. The molecule has 3 nitrogen and oxygen atoms in total. The van der Waals surface area contributed by atoms with Gasteiger partial charge in [0.2, 0.25) is 0 Å². The summed E-state index contributed by atoms with van der Waals surface area (Å²) in [7, 11) is 2.07. The molecule has 1 amide bonds. The number of benzene rings is 2. The van der Waals surface area contributed by atoms with Crippen molar-refractivity contribution in [3.05, 3.63) is 71.3 Å². The molecular formula is C20H27N2O+. The maximum atomic E-state index is 12.3. The van der Waals surface area contributed by atoms with Gasteiger partial charge in [0.1, 0.15) is 6.54 Å². The zero-order chi connectivity index (χ0) is 16.7. The molecule has 2 rings (SSSR count). The third kappa shape index (κ3) is 5.22. The Kier molecular flexibility index (Phi) is 6.36. The monoisotopic (exact) mass is 311 g/mol. The molecule has 0 saturated heterocycles. The molecule has 0 radical (unpaired) electrons. The lowest BCUT2D eigenvalue weighted by Crippen LogP contribution is -3.12. The lowest BCUT2D eigenvalue weighted by molar-refractivity contribution is -0.908. The Morgan fingerprint density at radius 2 is 1.61 bits per heavy atom. The number of aryl methyl sites for hydroxylation is 1. The fourth-order valence-corrected chi connectivity index (χ4v) is 2.53. The largest absolute Gasteiger partial charge is 0.347 e. The minimum Gasteiger partial charge on any atom is -0.347 e. The maximum absolute atomic E-state index is 12.3. The summed E-state index contributed by atoms with van der Waals surface area (Å²) in [5.41, 5.74) is 3.74. The predicted molar refractivity (Wildman–Crippen MR) is 94.2 cm³/mol. The Morgan fingerprint density at radius 3 is 2.22 bits per heavy atom. The number of amides is 1. The van der Waals surface area contributed by atoms with Crippen LogP contribution in [-0.4, -0.2) is 19.0 Å². The summed E-state index contributed by atoms with van der Waals surface area (Å²) in [6.07, 6.45) is 1.06. The molecule has 0 aliphatic rings. The van der Waals surface area contributed by atoms with E-state index in [4.69, 9.17) is 0 Å². The average Bonchev–Trinajstić information content (AvgIpc) is 2.60. The molecule has 2 aromatic carbocycles. The summed E-state index contributed by atoms with van der Waals surface area (Å²) in [5, 5.41) is 3.02. The van der Waals surface area contributed by atoms with Crippen LogP contribution in [0.2, 0.25) is 0 Å². The van der Waals surface area contributed by atoms with Gasteiger partial charge in [-0.2, -0.15) is 0 Å². The van der Waals surface area contributed by atoms with Crippen LogP contribution in [0, 0.1) is 0 Å². The summed E-state index contributed by atoms with van der Waals surface area (Å²) in [6.45, 7) is 5.58. The number of carbonyl (C=O) groups excluding carboxylic acids is 1. The second kappa shape index (κ2) is 8.49. The first-order valence-corrected chi connectivity index (χ1v) is 8.32. The van der Waals surface area contributed by atoms with E-state index < -0.39 is 0 Å². The van der Waals surface area contributed by atoms with Crippen molar-refractivity contribution in [2.75, 3.05) is 7.05 Å². The van der Waals surface area contributed by atoms with Gasteiger partial charge < -0.3 is 10.2 Å². The second-order valence-electron chi connectivity index (χ2n) is 6.12. The molecule has 0 spiro atoms. The maximum Gasteiger partial charge on any atom is 0.278 e. The fraction of sp³-hybridized carbons (Fsp3) is 0.350. The highest BCUT2D eigenvalue weighted by molar-refractivity contribution is 5.79. The van der Waals surface area contributed by atoms with Gasteiger partial charge in [-0.1, -0.05) is 61.5 Å². The van der Waals surface area contributed by atoms with Crippen molar-refractivity contribution in [1.29, 1.82) is 0 Å². The molecule has 1 unspecified atom stereocenters. The Hall–Kier alpha value is -2.13. The molecule has 2 atom stereocenters. The molecule has 0 aromatic heterocycles. The molecular weight excluding hydrogens is 284 g/mol. The molecule has 23 heavy (non-hydrogen) atoms. The Balaban J connectivity index is 1.85. The van der Waals surface area contributed by atoms with Crippen LogP contribution in [0.5, 0.6) is 0 Å². The molecule has 0 aliphatic heterocycles. The Morgan fingerprint density at radius 1 is 1.00 bits per heavy atom. The zero-order valence-electron chi connectivity index (χ0n) is 14.3. The lowest BCUT2D eigenvalue weighted by atomic mass is 10.1. The second-order valence-corrected chi connectivity index (χ2v) is 6.12. The van der Waals surface area contributed by atoms with E-state index in [1.807, 2.05) is 37.3 Å². The SMILES string of the molecule is CCc1ccc(C[NH+](C)[C@@H](C)C(=O)NCc2ccccc2)cc1. The highest BCUT2D eigenvalue weighted by Gasteiger charge is 2.21. The van der Waals surface area contributed by atoms with Crippen molar-refractivity contribution in [3.8, 4) is 0 Å². The van der Waals surface area contributed by atoms with Crippen molar-refractivity contribution in [3.63, 3.8) is 0 Å². The number of likely N-dealkylation sites (N-methyl/N-ethyl adjacent to an activating group) is 1. The van der Waals surface area contributed by atoms with Gasteiger partial charge in [0.05, 0.1) is 7.05 Å². The Labute approximate surface area is 139 Å². The number of rotatable bonds is 7. The van der Waals surface area contributed by atoms with Crippen LogP contribution in [-0.2, 0) is 24.3 Å². The van der Waals surface area contributed by atoms with E-state index in [-0.39, 0.29) is 11.9 Å². The number of carbonyl (C=O) groups is 1. The molecule has 2 N–H and O–H groups in total. The van der Waals surface area contributed by atoms with E-state index in [1.54, 1.807) is 0 Å². The number of quaternary nitrogens is 1. The number of nitrogens with one attached hydrogen (secondary N) is 2. The summed E-state index contributed by atoms with van der Waals surface area (Å²) < 4.78 is 0. The van der Waals surface area contributed by atoms with Gasteiger partial charge >= 0.3 is 0 Å². The molecule has 122 valence electrons. The third-order valence-electron chi connectivity index (χ3n) is 4.36. The van der Waals surface area contributed by atoms with Crippen molar-refractivity contribution in [1.82, 2.24) is 5.32 Å². The van der Waals surface area contributed by atoms with E-state index >= 15 is 0 Å². The average molecular weight is 311 g/mol. The summed E-state index contributed by atoms with van der Waals surface area (Å²) in [4.78, 5) is 13.5. The normalized spacial score (nSPS) is 13.3. The van der Waals surface area contributed by atoms with Gasteiger partial charge in [-0.15, -0.1) is 0 Å². The standard InChI is InChI=1S/C20H26N2O/c1-4-17-10-12-19(13-11-17)15-22(3)16(2)20(23)21-14-18-8-6-5-7-9-18/h5-13,16H,4,14-15H2,1-3H3,(H,21,23)/p+1/t16-/m0/s1. The van der Waals surface area contributed by atoms with E-state index in [9.17, 15) is 4.79 Å². The summed E-state index contributed by atoms with van der Waals surface area (Å²) >= 11 is 0. The van der Waals surface area contributed by atoms with E-state index in [0.29, 0.717) is 6.54 Å². The zero-order valence-corrected chi connectivity index (χ0v) is 14.3. The minimum absolute atomic E-state index is 0.0791. The Bertz CT molecular complexity index is 607. The molecule has 3 heteroatoms. The molecule has 0 saturated carbocycles. The van der Waals surface area contributed by atoms with Crippen LogP contribution in [0.25, 0.3) is 0 Å². The highest BCUT2D eigenvalue weighted by atomic mass is 16.2. The molecule has 0 fully saturated rings. The van der Waals surface area contributed by atoms with E-state index in [2.05, 4.69) is 43.6 Å². The van der Waals surface area contributed by atoms with Gasteiger partial charge in [-0.05, 0) is 24.5 Å². The van der Waals surface area contributed by atoms with Crippen molar-refractivity contribution in [2.45, 2.75) is 39.4 Å². The van der Waals surface area contributed by atoms with Gasteiger partial charge in [0.25, 0.3) is 5.91 Å². The van der Waals surface area contributed by atoms with Gasteiger partial charge in [0, 0.05) is 12.1 Å². The molecule has 0 bridgehead atoms. The summed E-state index contributed by atoms with van der Waals surface area (Å²) in [5.74, 6) is 0.0940. The molecule has 0 heterocycles. The van der Waals surface area contributed by atoms with E-state index in [0.717, 1.165) is 18.5 Å². The molecule has 0 aliphatic carbocycles. The highest BCUT2D eigenvalue weighted by Crippen LogP contribution is 2.04. The first kappa shape index (κ1) is 17.2. The van der Waals surface area contributed by atoms with Gasteiger partial charge in [0.15, 0.2) is 6.04 Å². The quantitative estimate of drug-likeness (QED) is 0.805. The summed E-state index contributed by atoms with van der Waals surface area (Å²) in [6, 6.07) is 18.6. The number of hydrogen-bond acceptors (Lipinski definition) is 1.